The van der Waals surface area contributed by atoms with Crippen LogP contribution in [0, 0.1) is 17.2 Å². The Bertz CT molecular complexity index is 815. The van der Waals surface area contributed by atoms with Crippen LogP contribution in [0.3, 0.4) is 0 Å². The van der Waals surface area contributed by atoms with E-state index >= 15 is 0 Å². The third kappa shape index (κ3) is 2.99. The lowest BCUT2D eigenvalue weighted by Crippen LogP contribution is -2.15. The first kappa shape index (κ1) is 13.9. The number of furan rings is 1. The predicted octanol–water partition coefficient (Wildman–Crippen LogP) is 2.47. The summed E-state index contributed by atoms with van der Waals surface area (Å²) in [5, 5.41) is 9.13. The Morgan fingerprint density at radius 1 is 1.50 bits per heavy atom. The number of carbonyl (C=O) groups excluding carboxylic acids is 1. The van der Waals surface area contributed by atoms with Crippen molar-refractivity contribution in [2.75, 3.05) is 6.61 Å². The number of nitriles is 1. The molecule has 0 N–H and O–H groups in total. The van der Waals surface area contributed by atoms with E-state index in [1.807, 2.05) is 0 Å². The molecule has 0 spiro atoms. The highest BCUT2D eigenvalue weighted by atomic mass is 16.5. The average molecular weight is 295 g/mol. The van der Waals surface area contributed by atoms with Crippen LogP contribution in [0.25, 0.3) is 5.52 Å². The van der Waals surface area contributed by atoms with Crippen LogP contribution < -0.4 is 0 Å². The number of ether oxygens (including phenoxy) is 1. The second-order valence-corrected chi connectivity index (χ2v) is 4.85. The number of hydrogen-bond acceptors (Lipinski definition) is 5. The van der Waals surface area contributed by atoms with Gasteiger partial charge in [-0.1, -0.05) is 0 Å². The van der Waals surface area contributed by atoms with Gasteiger partial charge < -0.3 is 13.6 Å². The summed E-state index contributed by atoms with van der Waals surface area (Å²) < 4.78 is 12.2. The fraction of sp³-hybridized carbons (Fsp3) is 0.188. The fourth-order valence-corrected chi connectivity index (χ4v) is 2.12. The molecule has 3 aromatic heterocycles. The van der Waals surface area contributed by atoms with Crippen LogP contribution in [0.2, 0.25) is 0 Å². The zero-order valence-electron chi connectivity index (χ0n) is 11.7. The quantitative estimate of drug-likeness (QED) is 0.675. The monoisotopic (exact) mass is 295 g/mol. The highest BCUT2D eigenvalue weighted by molar-refractivity contribution is 5.90. The molecule has 6 heteroatoms. The van der Waals surface area contributed by atoms with Gasteiger partial charge in [-0.05, 0) is 24.3 Å². The molecule has 0 saturated carbocycles. The number of carbonyl (C=O) groups is 1. The van der Waals surface area contributed by atoms with Crippen molar-refractivity contribution >= 4 is 11.5 Å². The van der Waals surface area contributed by atoms with Crippen LogP contribution in [-0.2, 0) is 11.2 Å². The molecule has 3 aromatic rings. The normalized spacial score (nSPS) is 12.0. The Morgan fingerprint density at radius 3 is 3.18 bits per heavy atom. The van der Waals surface area contributed by atoms with Gasteiger partial charge in [-0.2, -0.15) is 5.26 Å². The molecule has 0 unspecified atom stereocenters. The lowest BCUT2D eigenvalue weighted by molar-refractivity contribution is 0.0465. The minimum Gasteiger partial charge on any atom is -0.469 e. The van der Waals surface area contributed by atoms with Crippen molar-refractivity contribution in [3.8, 4) is 6.07 Å². The molecule has 0 radical (unpaired) electrons. The third-order valence-corrected chi connectivity index (χ3v) is 3.28. The molecule has 0 bridgehead atoms. The number of imidazole rings is 1. The first-order chi connectivity index (χ1) is 10.8. The number of aromatic nitrogens is 2. The number of rotatable bonds is 5. The van der Waals surface area contributed by atoms with Gasteiger partial charge in [-0.3, -0.25) is 0 Å². The maximum Gasteiger partial charge on any atom is 0.338 e. The molecule has 1 atom stereocenters. The lowest BCUT2D eigenvalue weighted by Gasteiger charge is -2.09. The number of hydrogen-bond donors (Lipinski definition) is 0. The average Bonchev–Trinajstić information content (AvgIpc) is 3.21. The van der Waals surface area contributed by atoms with E-state index in [1.54, 1.807) is 53.7 Å². The summed E-state index contributed by atoms with van der Waals surface area (Å²) in [6.07, 6.45) is 7.02. The van der Waals surface area contributed by atoms with Gasteiger partial charge >= 0.3 is 5.97 Å². The Balaban J connectivity index is 1.62. The highest BCUT2D eigenvalue weighted by Crippen LogP contribution is 2.12. The van der Waals surface area contributed by atoms with Gasteiger partial charge in [0, 0.05) is 12.6 Å². The molecule has 0 aromatic carbocycles. The highest BCUT2D eigenvalue weighted by Gasteiger charge is 2.15. The van der Waals surface area contributed by atoms with Crippen molar-refractivity contribution in [1.82, 2.24) is 9.38 Å². The first-order valence-electron chi connectivity index (χ1n) is 6.77. The van der Waals surface area contributed by atoms with Gasteiger partial charge in [0.15, 0.2) is 0 Å². The van der Waals surface area contributed by atoms with Gasteiger partial charge in [-0.15, -0.1) is 0 Å². The molecular formula is C16H13N3O3. The molecule has 0 aliphatic carbocycles. The summed E-state index contributed by atoms with van der Waals surface area (Å²) in [5.74, 6) is -0.194. The van der Waals surface area contributed by atoms with Gasteiger partial charge in [0.1, 0.15) is 12.4 Å². The molecule has 3 rings (SSSR count). The molecule has 6 nitrogen and oxygen atoms in total. The van der Waals surface area contributed by atoms with E-state index in [9.17, 15) is 4.79 Å². The summed E-state index contributed by atoms with van der Waals surface area (Å²) in [7, 11) is 0. The van der Waals surface area contributed by atoms with E-state index in [0.717, 1.165) is 5.52 Å². The predicted molar refractivity (Wildman–Crippen MR) is 77.0 cm³/mol. The van der Waals surface area contributed by atoms with Gasteiger partial charge in [0.05, 0.1) is 41.9 Å². The van der Waals surface area contributed by atoms with Crippen LogP contribution in [0.15, 0.2) is 53.7 Å². The van der Waals surface area contributed by atoms with E-state index in [4.69, 9.17) is 14.4 Å². The maximum absolute atomic E-state index is 12.0. The van der Waals surface area contributed by atoms with Crippen LogP contribution in [0.4, 0.5) is 0 Å². The Labute approximate surface area is 126 Å². The molecule has 0 aliphatic heterocycles. The molecular weight excluding hydrogens is 282 g/mol. The van der Waals surface area contributed by atoms with Crippen LogP contribution in [-0.4, -0.2) is 22.0 Å². The number of esters is 1. The van der Waals surface area contributed by atoms with E-state index in [-0.39, 0.29) is 6.61 Å². The Morgan fingerprint density at radius 2 is 2.41 bits per heavy atom. The van der Waals surface area contributed by atoms with Gasteiger partial charge in [0.2, 0.25) is 0 Å². The topological polar surface area (TPSA) is 80.5 Å². The lowest BCUT2D eigenvalue weighted by atomic mass is 10.1. The van der Waals surface area contributed by atoms with E-state index < -0.39 is 11.9 Å². The van der Waals surface area contributed by atoms with Crippen molar-refractivity contribution in [1.29, 1.82) is 5.26 Å². The number of nitrogens with zero attached hydrogens (tertiary/aromatic N) is 3. The van der Waals surface area contributed by atoms with Crippen molar-refractivity contribution < 1.29 is 13.9 Å². The van der Waals surface area contributed by atoms with Crippen molar-refractivity contribution in [3.63, 3.8) is 0 Å². The molecule has 0 aliphatic rings. The molecule has 22 heavy (non-hydrogen) atoms. The largest absolute Gasteiger partial charge is 0.469 e. The third-order valence-electron chi connectivity index (χ3n) is 3.28. The van der Waals surface area contributed by atoms with Crippen molar-refractivity contribution in [3.05, 3.63) is 60.6 Å². The molecule has 0 amide bonds. The zero-order chi connectivity index (χ0) is 15.4. The fourth-order valence-electron chi connectivity index (χ4n) is 2.12. The second-order valence-electron chi connectivity index (χ2n) is 4.85. The summed E-state index contributed by atoms with van der Waals surface area (Å²) in [6, 6.07) is 9.03. The SMILES string of the molecule is N#C[C@H](COC(=O)c1ccn2cncc2c1)Cc1ccco1. The summed E-state index contributed by atoms with van der Waals surface area (Å²) >= 11 is 0. The van der Waals surface area contributed by atoms with Crippen molar-refractivity contribution in [2.45, 2.75) is 6.42 Å². The van der Waals surface area contributed by atoms with E-state index in [1.165, 1.54) is 0 Å². The summed E-state index contributed by atoms with van der Waals surface area (Å²) in [6.45, 7) is 0.0282. The summed E-state index contributed by atoms with van der Waals surface area (Å²) in [4.78, 5) is 16.0. The Hall–Kier alpha value is -3.07. The second kappa shape index (κ2) is 6.14. The molecule has 3 heterocycles. The van der Waals surface area contributed by atoms with E-state index in [0.29, 0.717) is 17.7 Å². The minimum absolute atomic E-state index is 0.0282. The Kier molecular flexibility index (Phi) is 3.88. The molecule has 0 saturated heterocycles. The van der Waals surface area contributed by atoms with Gasteiger partial charge in [-0.25, -0.2) is 9.78 Å². The number of pyridine rings is 1. The maximum atomic E-state index is 12.0. The van der Waals surface area contributed by atoms with E-state index in [2.05, 4.69) is 11.1 Å². The van der Waals surface area contributed by atoms with Crippen LogP contribution in [0.1, 0.15) is 16.1 Å². The first-order valence-corrected chi connectivity index (χ1v) is 6.77. The van der Waals surface area contributed by atoms with Crippen molar-refractivity contribution in [2.24, 2.45) is 5.92 Å². The number of fused-ring (bicyclic) bond motifs is 1. The van der Waals surface area contributed by atoms with Crippen LogP contribution >= 0.6 is 0 Å². The van der Waals surface area contributed by atoms with Crippen LogP contribution in [0.5, 0.6) is 0 Å². The van der Waals surface area contributed by atoms with Gasteiger partial charge in [0.25, 0.3) is 0 Å². The smallest absolute Gasteiger partial charge is 0.338 e. The zero-order valence-corrected chi connectivity index (χ0v) is 11.7. The summed E-state index contributed by atoms with van der Waals surface area (Å²) in [5.41, 5.74) is 1.24. The minimum atomic E-state index is -0.455. The molecule has 0 fully saturated rings. The standard InChI is InChI=1S/C16H13N3O3/c17-8-12(6-15-2-1-5-21-15)10-22-16(20)13-3-4-19-11-18-9-14(19)7-13/h1-5,7,9,11-12H,6,10H2/t12-/m1/s1. The molecule has 110 valence electrons.